The number of nitrogens with one attached hydrogen (secondary N) is 1. The largest absolute Gasteiger partial charge is 0.349 e. The number of likely N-dealkylation sites (N-methyl/N-ethyl adjacent to an activating group) is 1. The van der Waals surface area contributed by atoms with Crippen LogP contribution in [-0.4, -0.2) is 24.9 Å². The van der Waals surface area contributed by atoms with Gasteiger partial charge in [-0.05, 0) is 42.7 Å². The average Bonchev–Trinajstić information content (AvgIpc) is 2.73. The smallest absolute Gasteiger partial charge is 0.264 e. The van der Waals surface area contributed by atoms with Crippen LogP contribution in [0.25, 0.3) is 6.08 Å². The van der Waals surface area contributed by atoms with Gasteiger partial charge in [0.1, 0.15) is 0 Å². The Kier molecular flexibility index (Phi) is 5.53. The Morgan fingerprint density at radius 2 is 1.86 bits per heavy atom. The van der Waals surface area contributed by atoms with E-state index in [1.165, 1.54) is 31.0 Å². The molecule has 0 atom stereocenters. The van der Waals surface area contributed by atoms with E-state index in [0.717, 1.165) is 29.0 Å². The Morgan fingerprint density at radius 1 is 1.11 bits per heavy atom. The van der Waals surface area contributed by atoms with Crippen LogP contribution in [0.15, 0.2) is 58.3 Å². The fourth-order valence-corrected chi connectivity index (χ4v) is 4.84. The van der Waals surface area contributed by atoms with E-state index in [9.17, 15) is 9.59 Å². The molecule has 5 heteroatoms. The van der Waals surface area contributed by atoms with Gasteiger partial charge < -0.3 is 10.2 Å². The summed E-state index contributed by atoms with van der Waals surface area (Å²) in [5.74, 6) is -0.0997. The maximum absolute atomic E-state index is 12.8. The third kappa shape index (κ3) is 3.99. The predicted molar refractivity (Wildman–Crippen MR) is 114 cm³/mol. The van der Waals surface area contributed by atoms with Gasteiger partial charge in [0.25, 0.3) is 11.8 Å². The van der Waals surface area contributed by atoms with E-state index in [2.05, 4.69) is 5.32 Å². The fourth-order valence-electron chi connectivity index (χ4n) is 3.75. The molecule has 4 nitrogen and oxygen atoms in total. The number of hydrogen-bond donors (Lipinski definition) is 1. The Bertz CT molecular complexity index is 917. The summed E-state index contributed by atoms with van der Waals surface area (Å²) < 4.78 is 0. The molecule has 1 saturated carbocycles. The first-order chi connectivity index (χ1) is 13.6. The number of nitrogens with zero attached hydrogens (tertiary/aromatic N) is 1. The number of benzene rings is 2. The number of anilines is 1. The van der Waals surface area contributed by atoms with Gasteiger partial charge >= 0.3 is 0 Å². The quantitative estimate of drug-likeness (QED) is 0.759. The van der Waals surface area contributed by atoms with E-state index >= 15 is 0 Å². The highest BCUT2D eigenvalue weighted by Crippen LogP contribution is 2.42. The lowest BCUT2D eigenvalue weighted by Gasteiger charge is -2.28. The molecule has 4 rings (SSSR count). The van der Waals surface area contributed by atoms with Crippen molar-refractivity contribution < 1.29 is 9.59 Å². The van der Waals surface area contributed by atoms with Crippen molar-refractivity contribution in [3.63, 3.8) is 0 Å². The molecule has 1 aliphatic carbocycles. The lowest BCUT2D eigenvalue weighted by atomic mass is 9.95. The molecule has 144 valence electrons. The molecule has 2 aromatic carbocycles. The summed E-state index contributed by atoms with van der Waals surface area (Å²) in [6.07, 6.45) is 7.64. The summed E-state index contributed by atoms with van der Waals surface area (Å²) in [5.41, 5.74) is 2.40. The molecule has 0 saturated heterocycles. The molecule has 2 aromatic rings. The number of rotatable bonds is 3. The predicted octanol–water partition coefficient (Wildman–Crippen LogP) is 4.86. The summed E-state index contributed by atoms with van der Waals surface area (Å²) in [6, 6.07) is 15.7. The van der Waals surface area contributed by atoms with Crippen LogP contribution in [0.2, 0.25) is 0 Å². The van der Waals surface area contributed by atoms with Crippen molar-refractivity contribution in [1.29, 1.82) is 0 Å². The van der Waals surface area contributed by atoms with E-state index in [1.807, 2.05) is 54.6 Å². The highest BCUT2D eigenvalue weighted by molar-refractivity contribution is 8.04. The van der Waals surface area contributed by atoms with E-state index in [0.29, 0.717) is 10.5 Å². The van der Waals surface area contributed by atoms with Crippen molar-refractivity contribution >= 4 is 35.3 Å². The lowest BCUT2D eigenvalue weighted by Crippen LogP contribution is -2.36. The van der Waals surface area contributed by atoms with Crippen LogP contribution in [0.3, 0.4) is 0 Å². The van der Waals surface area contributed by atoms with Crippen molar-refractivity contribution in [3.05, 3.63) is 64.6 Å². The zero-order valence-corrected chi connectivity index (χ0v) is 16.8. The third-order valence-electron chi connectivity index (χ3n) is 5.36. The average molecular weight is 393 g/mol. The van der Waals surface area contributed by atoms with E-state index in [1.54, 1.807) is 11.9 Å². The van der Waals surface area contributed by atoms with Crippen molar-refractivity contribution in [3.8, 4) is 0 Å². The molecule has 1 aliphatic heterocycles. The molecule has 2 amide bonds. The monoisotopic (exact) mass is 392 g/mol. The SMILES string of the molecule is CN1C(=O)C(=Cc2ccccc2)Sc2ccc(C(=O)NC3CCCCC3)cc21. The van der Waals surface area contributed by atoms with Crippen molar-refractivity contribution in [2.24, 2.45) is 0 Å². The summed E-state index contributed by atoms with van der Waals surface area (Å²) in [5, 5.41) is 3.15. The topological polar surface area (TPSA) is 49.4 Å². The number of carbonyl (C=O) groups is 2. The van der Waals surface area contributed by atoms with Gasteiger partial charge in [-0.2, -0.15) is 0 Å². The first-order valence-corrected chi connectivity index (χ1v) is 10.6. The Balaban J connectivity index is 1.55. The van der Waals surface area contributed by atoms with Crippen molar-refractivity contribution in [2.75, 3.05) is 11.9 Å². The highest BCUT2D eigenvalue weighted by Gasteiger charge is 2.27. The third-order valence-corrected chi connectivity index (χ3v) is 6.43. The normalized spacial score (nSPS) is 18.8. The van der Waals surface area contributed by atoms with Crippen LogP contribution in [0.5, 0.6) is 0 Å². The molecule has 0 unspecified atom stereocenters. The van der Waals surface area contributed by atoms with E-state index in [4.69, 9.17) is 0 Å². The van der Waals surface area contributed by atoms with Gasteiger partial charge in [0.2, 0.25) is 0 Å². The van der Waals surface area contributed by atoms with Gasteiger partial charge in [0, 0.05) is 23.5 Å². The summed E-state index contributed by atoms with van der Waals surface area (Å²) >= 11 is 1.46. The number of amides is 2. The summed E-state index contributed by atoms with van der Waals surface area (Å²) in [6.45, 7) is 0. The molecule has 0 radical (unpaired) electrons. The molecule has 1 heterocycles. The van der Waals surface area contributed by atoms with Gasteiger partial charge in [-0.1, -0.05) is 61.4 Å². The summed E-state index contributed by atoms with van der Waals surface area (Å²) in [4.78, 5) is 28.8. The molecule has 0 aromatic heterocycles. The Hall–Kier alpha value is -2.53. The first kappa shape index (κ1) is 18.8. The molecular weight excluding hydrogens is 368 g/mol. The van der Waals surface area contributed by atoms with Gasteiger partial charge in [0.15, 0.2) is 0 Å². The summed E-state index contributed by atoms with van der Waals surface area (Å²) in [7, 11) is 1.77. The second kappa shape index (κ2) is 8.23. The van der Waals surface area contributed by atoms with Crippen molar-refractivity contribution in [1.82, 2.24) is 5.32 Å². The molecule has 28 heavy (non-hydrogen) atoms. The minimum Gasteiger partial charge on any atom is -0.349 e. The minimum atomic E-state index is -0.0498. The van der Waals surface area contributed by atoms with Gasteiger partial charge in [0.05, 0.1) is 10.6 Å². The van der Waals surface area contributed by atoms with E-state index in [-0.39, 0.29) is 17.9 Å². The fraction of sp³-hybridized carbons (Fsp3) is 0.304. The van der Waals surface area contributed by atoms with Crippen LogP contribution in [0.1, 0.15) is 48.0 Å². The minimum absolute atomic E-state index is 0.0498. The second-order valence-electron chi connectivity index (χ2n) is 7.38. The molecular formula is C23H24N2O2S. The van der Waals surface area contributed by atoms with Crippen LogP contribution in [-0.2, 0) is 4.79 Å². The maximum atomic E-state index is 12.8. The van der Waals surface area contributed by atoms with Crippen LogP contribution >= 0.6 is 11.8 Å². The van der Waals surface area contributed by atoms with Gasteiger partial charge in [-0.25, -0.2) is 0 Å². The zero-order valence-electron chi connectivity index (χ0n) is 16.0. The number of thioether (sulfide) groups is 1. The number of hydrogen-bond acceptors (Lipinski definition) is 3. The van der Waals surface area contributed by atoms with Gasteiger partial charge in [-0.15, -0.1) is 0 Å². The highest BCUT2D eigenvalue weighted by atomic mass is 32.2. The number of fused-ring (bicyclic) bond motifs is 1. The molecule has 1 fully saturated rings. The molecule has 0 spiro atoms. The lowest BCUT2D eigenvalue weighted by molar-refractivity contribution is -0.114. The Labute approximate surface area is 170 Å². The second-order valence-corrected chi connectivity index (χ2v) is 8.46. The van der Waals surface area contributed by atoms with Crippen LogP contribution < -0.4 is 10.2 Å². The molecule has 2 aliphatic rings. The van der Waals surface area contributed by atoms with Gasteiger partial charge in [-0.3, -0.25) is 9.59 Å². The van der Waals surface area contributed by atoms with E-state index < -0.39 is 0 Å². The van der Waals surface area contributed by atoms with Crippen LogP contribution in [0.4, 0.5) is 5.69 Å². The molecule has 1 N–H and O–H groups in total. The zero-order chi connectivity index (χ0) is 19.5. The van der Waals surface area contributed by atoms with Crippen LogP contribution in [0, 0.1) is 0 Å². The molecule has 0 bridgehead atoms. The van der Waals surface area contributed by atoms with Crippen molar-refractivity contribution in [2.45, 2.75) is 43.0 Å². The first-order valence-electron chi connectivity index (χ1n) is 9.79. The Morgan fingerprint density at radius 3 is 2.61 bits per heavy atom. The standard InChI is InChI=1S/C23H24N2O2S/c1-25-19-15-17(22(26)24-18-10-6-3-7-11-18)12-13-20(19)28-21(23(25)27)14-16-8-4-2-5-9-16/h2,4-5,8-9,12-15,18H,3,6-7,10-11H2,1H3,(H,24,26). The number of carbonyl (C=O) groups excluding carboxylic acids is 2. The maximum Gasteiger partial charge on any atom is 0.264 e.